The van der Waals surface area contributed by atoms with Crippen molar-refractivity contribution in [1.29, 1.82) is 0 Å². The number of nitrogens with zero attached hydrogens (tertiary/aromatic N) is 1. The first-order valence-corrected chi connectivity index (χ1v) is 17.6. The molecule has 6 rings (SSSR count). The van der Waals surface area contributed by atoms with E-state index in [0.717, 1.165) is 35.3 Å². The minimum atomic E-state index is -0.867. The number of benzene rings is 5. The average Bonchev–Trinajstić information content (AvgIpc) is 3.18. The molecule has 4 atom stereocenters. The zero-order valence-electron chi connectivity index (χ0n) is 29.3. The van der Waals surface area contributed by atoms with Crippen LogP contribution in [-0.4, -0.2) is 47.8 Å². The van der Waals surface area contributed by atoms with Gasteiger partial charge in [-0.05, 0) is 39.9 Å². The van der Waals surface area contributed by atoms with Crippen LogP contribution in [0.5, 0.6) is 0 Å². The highest BCUT2D eigenvalue weighted by Crippen LogP contribution is 2.39. The standard InChI is InChI=1S/C43H45N3O6/c1-50-41(48)39(24-31-12-5-2-6-13-31)45-43(49)44-37-19-11-18-36(25-37)42-51-38(26-40(52-42)35-22-20-34(30-47)21-23-35)29-46(27-32-14-7-3-8-15-32)28-33-16-9-4-10-17-33/h2-23,25,38-40,42,47H,24,26-30H2,1H3,(H2,44,45,49)/t38-,39+,40+,42+/m1/s1. The molecule has 2 amide bonds. The number of aliphatic hydroxyl groups excluding tert-OH is 1. The number of hydrogen-bond donors (Lipinski definition) is 3. The van der Waals surface area contributed by atoms with E-state index < -0.39 is 24.3 Å². The van der Waals surface area contributed by atoms with Gasteiger partial charge in [0.2, 0.25) is 0 Å². The fourth-order valence-electron chi connectivity index (χ4n) is 6.46. The van der Waals surface area contributed by atoms with Crippen LogP contribution >= 0.6 is 0 Å². The van der Waals surface area contributed by atoms with Crippen LogP contribution < -0.4 is 10.6 Å². The molecular weight excluding hydrogens is 654 g/mol. The monoisotopic (exact) mass is 699 g/mol. The van der Waals surface area contributed by atoms with Crippen LogP contribution in [0.4, 0.5) is 10.5 Å². The molecule has 9 nitrogen and oxygen atoms in total. The zero-order valence-corrected chi connectivity index (χ0v) is 29.3. The second kappa shape index (κ2) is 18.3. The van der Waals surface area contributed by atoms with E-state index in [2.05, 4.69) is 64.1 Å². The van der Waals surface area contributed by atoms with Crippen LogP contribution in [0, 0.1) is 0 Å². The maximum absolute atomic E-state index is 13.2. The number of carbonyl (C=O) groups is 2. The van der Waals surface area contributed by atoms with Gasteiger partial charge in [0.1, 0.15) is 6.04 Å². The van der Waals surface area contributed by atoms with Gasteiger partial charge in [-0.15, -0.1) is 0 Å². The molecule has 1 aliphatic heterocycles. The van der Waals surface area contributed by atoms with Crippen molar-refractivity contribution in [3.63, 3.8) is 0 Å². The number of anilines is 1. The summed E-state index contributed by atoms with van der Waals surface area (Å²) in [6.45, 7) is 2.13. The average molecular weight is 700 g/mol. The van der Waals surface area contributed by atoms with Crippen LogP contribution in [0.2, 0.25) is 0 Å². The molecule has 0 radical (unpaired) electrons. The predicted octanol–water partition coefficient (Wildman–Crippen LogP) is 7.33. The topological polar surface area (TPSA) is 109 Å². The second-order valence-electron chi connectivity index (χ2n) is 13.0. The number of nitrogens with one attached hydrogen (secondary N) is 2. The number of aliphatic hydroxyl groups is 1. The molecule has 1 saturated heterocycles. The summed E-state index contributed by atoms with van der Waals surface area (Å²) in [5.74, 6) is -0.533. The Morgan fingerprint density at radius 2 is 1.37 bits per heavy atom. The highest BCUT2D eigenvalue weighted by molar-refractivity contribution is 5.92. The molecule has 0 saturated carbocycles. The number of esters is 1. The van der Waals surface area contributed by atoms with Crippen molar-refractivity contribution < 1.29 is 28.9 Å². The van der Waals surface area contributed by atoms with Gasteiger partial charge in [-0.3, -0.25) is 4.90 Å². The number of rotatable bonds is 14. The Labute approximate surface area is 305 Å². The maximum atomic E-state index is 13.2. The molecule has 0 bridgehead atoms. The van der Waals surface area contributed by atoms with Crippen molar-refractivity contribution >= 4 is 17.7 Å². The highest BCUT2D eigenvalue weighted by Gasteiger charge is 2.33. The fraction of sp³-hybridized carbons (Fsp3) is 0.256. The summed E-state index contributed by atoms with van der Waals surface area (Å²) in [4.78, 5) is 28.1. The van der Waals surface area contributed by atoms with Crippen molar-refractivity contribution in [1.82, 2.24) is 10.2 Å². The van der Waals surface area contributed by atoms with E-state index in [1.807, 2.05) is 84.9 Å². The first-order valence-electron chi connectivity index (χ1n) is 17.6. The van der Waals surface area contributed by atoms with Crippen LogP contribution in [-0.2, 0) is 45.1 Å². The predicted molar refractivity (Wildman–Crippen MR) is 200 cm³/mol. The van der Waals surface area contributed by atoms with Gasteiger partial charge in [0.05, 0.1) is 25.9 Å². The Kier molecular flexibility index (Phi) is 12.8. The molecule has 0 aromatic heterocycles. The van der Waals surface area contributed by atoms with Crippen molar-refractivity contribution in [3.8, 4) is 0 Å². The molecule has 5 aromatic rings. The lowest BCUT2D eigenvalue weighted by Gasteiger charge is -2.38. The SMILES string of the molecule is COC(=O)[C@H](Cc1ccccc1)NC(=O)Nc1cccc([C@H]2O[C@@H](CN(Cc3ccccc3)Cc3ccccc3)C[C@@H](c3ccc(CO)cc3)O2)c1. The van der Waals surface area contributed by atoms with Gasteiger partial charge in [0.15, 0.2) is 6.29 Å². The van der Waals surface area contributed by atoms with Gasteiger partial charge in [0, 0.05) is 43.7 Å². The Morgan fingerprint density at radius 1 is 0.750 bits per heavy atom. The molecular formula is C43H45N3O6. The molecule has 1 heterocycles. The number of hydrogen-bond acceptors (Lipinski definition) is 7. The normalized spacial score (nSPS) is 17.6. The fourth-order valence-corrected chi connectivity index (χ4v) is 6.46. The van der Waals surface area contributed by atoms with Crippen molar-refractivity contribution in [2.24, 2.45) is 0 Å². The molecule has 0 aliphatic carbocycles. The van der Waals surface area contributed by atoms with Gasteiger partial charge in [-0.1, -0.05) is 127 Å². The first kappa shape index (κ1) is 36.5. The van der Waals surface area contributed by atoms with E-state index in [1.165, 1.54) is 18.2 Å². The van der Waals surface area contributed by atoms with Crippen LogP contribution in [0.15, 0.2) is 140 Å². The van der Waals surface area contributed by atoms with Crippen LogP contribution in [0.25, 0.3) is 0 Å². The number of urea groups is 1. The third-order valence-corrected chi connectivity index (χ3v) is 9.07. The lowest BCUT2D eigenvalue weighted by atomic mass is 9.99. The van der Waals surface area contributed by atoms with Gasteiger partial charge in [-0.2, -0.15) is 0 Å². The van der Waals surface area contributed by atoms with E-state index >= 15 is 0 Å². The summed E-state index contributed by atoms with van der Waals surface area (Å²) in [5, 5.41) is 15.3. The summed E-state index contributed by atoms with van der Waals surface area (Å²) in [6, 6.07) is 44.1. The molecule has 1 fully saturated rings. The smallest absolute Gasteiger partial charge is 0.328 e. The van der Waals surface area contributed by atoms with Crippen molar-refractivity contribution in [2.75, 3.05) is 19.0 Å². The minimum Gasteiger partial charge on any atom is -0.467 e. The Bertz CT molecular complexity index is 1820. The molecule has 1 aliphatic rings. The van der Waals surface area contributed by atoms with Crippen LogP contribution in [0.3, 0.4) is 0 Å². The molecule has 52 heavy (non-hydrogen) atoms. The van der Waals surface area contributed by atoms with Crippen LogP contribution in [0.1, 0.15) is 52.2 Å². The third-order valence-electron chi connectivity index (χ3n) is 9.07. The third kappa shape index (κ3) is 10.4. The highest BCUT2D eigenvalue weighted by atomic mass is 16.7. The second-order valence-corrected chi connectivity index (χ2v) is 13.0. The van der Waals surface area contributed by atoms with E-state index in [0.29, 0.717) is 25.1 Å². The zero-order chi connectivity index (χ0) is 36.1. The Hall–Kier alpha value is -5.32. The van der Waals surface area contributed by atoms with Gasteiger partial charge in [0.25, 0.3) is 0 Å². The molecule has 268 valence electrons. The summed E-state index contributed by atoms with van der Waals surface area (Å²) in [6.07, 6.45) is -0.260. The summed E-state index contributed by atoms with van der Waals surface area (Å²) < 4.78 is 18.3. The minimum absolute atomic E-state index is 0.0336. The van der Waals surface area contributed by atoms with Gasteiger partial charge in [-0.25, -0.2) is 9.59 Å². The summed E-state index contributed by atoms with van der Waals surface area (Å²) >= 11 is 0. The Balaban J connectivity index is 1.21. The quantitative estimate of drug-likeness (QED) is 0.104. The Morgan fingerprint density at radius 3 is 1.96 bits per heavy atom. The number of methoxy groups -OCH3 is 1. The number of ether oxygens (including phenoxy) is 3. The van der Waals surface area contributed by atoms with Gasteiger partial charge >= 0.3 is 12.0 Å². The first-order chi connectivity index (χ1) is 25.4. The van der Waals surface area contributed by atoms with E-state index in [4.69, 9.17) is 14.2 Å². The number of carbonyl (C=O) groups excluding carboxylic acids is 2. The molecule has 0 spiro atoms. The van der Waals surface area contributed by atoms with E-state index in [1.54, 1.807) is 6.07 Å². The van der Waals surface area contributed by atoms with Crippen molar-refractivity contribution in [2.45, 2.75) is 57.1 Å². The number of amides is 2. The largest absolute Gasteiger partial charge is 0.467 e. The molecule has 3 N–H and O–H groups in total. The van der Waals surface area contributed by atoms with Crippen molar-refractivity contribution in [3.05, 3.63) is 173 Å². The van der Waals surface area contributed by atoms with Gasteiger partial charge < -0.3 is 30.0 Å². The molecule has 0 unspecified atom stereocenters. The lowest BCUT2D eigenvalue weighted by molar-refractivity contribution is -0.253. The van der Waals surface area contributed by atoms with E-state index in [9.17, 15) is 14.7 Å². The molecule has 5 aromatic carbocycles. The van der Waals surface area contributed by atoms with E-state index in [-0.39, 0.29) is 18.8 Å². The summed E-state index contributed by atoms with van der Waals surface area (Å²) in [5.41, 5.74) is 6.41. The summed E-state index contributed by atoms with van der Waals surface area (Å²) in [7, 11) is 1.30. The maximum Gasteiger partial charge on any atom is 0.328 e. The molecule has 9 heteroatoms. The lowest BCUT2D eigenvalue weighted by Crippen LogP contribution is -2.45.